The second-order valence-corrected chi connectivity index (χ2v) is 2.85. The van der Waals surface area contributed by atoms with Crippen molar-refractivity contribution < 1.29 is 0 Å². The van der Waals surface area contributed by atoms with E-state index in [1.54, 1.807) is 6.92 Å². The minimum absolute atomic E-state index is 0.158. The number of nitrogens with one attached hydrogen (secondary N) is 1. The third-order valence-electron chi connectivity index (χ3n) is 0.774. The number of aromatic nitrogens is 2. The largest absolute Gasteiger partial charge is 0.323 e. The monoisotopic (exact) mass is 160 g/mol. The first-order valence-corrected chi connectivity index (χ1v) is 3.45. The van der Waals surface area contributed by atoms with E-state index in [-0.39, 0.29) is 4.87 Å². The van der Waals surface area contributed by atoms with Crippen LogP contribution in [0.3, 0.4) is 0 Å². The van der Waals surface area contributed by atoms with Crippen molar-refractivity contribution in [1.29, 1.82) is 0 Å². The fraction of sp³-hybridized carbons (Fsp3) is 0.250. The zero-order valence-electron chi connectivity index (χ0n) is 4.67. The molecule has 0 aromatic carbocycles. The van der Waals surface area contributed by atoms with Crippen LogP contribution in [0.4, 0.5) is 0 Å². The van der Waals surface area contributed by atoms with Crippen LogP contribution in [0.2, 0.25) is 0 Å². The summed E-state index contributed by atoms with van der Waals surface area (Å²) in [6, 6.07) is 0. The molecule has 0 radical (unpaired) electrons. The highest BCUT2D eigenvalue weighted by molar-refractivity contribution is 7.80. The Hall–Kier alpha value is -0.550. The maximum Gasteiger partial charge on any atom is 0.323 e. The number of hydrogen-bond acceptors (Lipinski definition) is 4. The molecule has 0 spiro atoms. The Morgan fingerprint density at radius 1 is 1.89 bits per heavy atom. The van der Waals surface area contributed by atoms with Crippen LogP contribution < -0.4 is 4.87 Å². The zero-order valence-corrected chi connectivity index (χ0v) is 6.30. The van der Waals surface area contributed by atoms with Crippen molar-refractivity contribution >= 4 is 28.6 Å². The van der Waals surface area contributed by atoms with Gasteiger partial charge in [-0.15, -0.1) is 0 Å². The SMILES string of the molecule is CC(=S)c1nsc(=O)[nH]1. The molecule has 0 saturated carbocycles. The smallest absolute Gasteiger partial charge is 0.295 e. The molecule has 1 aromatic rings. The Kier molecular flexibility index (Phi) is 1.73. The quantitative estimate of drug-likeness (QED) is 0.482. The molecule has 0 saturated heterocycles. The fourth-order valence-electron chi connectivity index (χ4n) is 0.382. The number of thiocarbonyl (C=S) groups is 1. The molecule has 5 heteroatoms. The van der Waals surface area contributed by atoms with Crippen LogP contribution in [0.15, 0.2) is 4.79 Å². The standard InChI is InChI=1S/C4H4N2OS2/c1-2(8)3-5-4(7)9-6-3/h1H3,(H,5,6,7). The summed E-state index contributed by atoms with van der Waals surface area (Å²) < 4.78 is 3.75. The average molecular weight is 160 g/mol. The van der Waals surface area contributed by atoms with Crippen molar-refractivity contribution in [3.8, 4) is 0 Å². The van der Waals surface area contributed by atoms with Gasteiger partial charge in [0.15, 0.2) is 5.82 Å². The molecule has 0 fully saturated rings. The Morgan fingerprint density at radius 3 is 2.78 bits per heavy atom. The van der Waals surface area contributed by atoms with E-state index in [0.29, 0.717) is 10.7 Å². The van der Waals surface area contributed by atoms with Gasteiger partial charge in [0.1, 0.15) is 0 Å². The van der Waals surface area contributed by atoms with Crippen LogP contribution in [-0.4, -0.2) is 14.2 Å². The summed E-state index contributed by atoms with van der Waals surface area (Å²) in [6.45, 7) is 1.72. The van der Waals surface area contributed by atoms with Gasteiger partial charge >= 0.3 is 4.87 Å². The van der Waals surface area contributed by atoms with Crippen LogP contribution in [-0.2, 0) is 0 Å². The van der Waals surface area contributed by atoms with Gasteiger partial charge in [-0.1, -0.05) is 12.2 Å². The molecule has 9 heavy (non-hydrogen) atoms. The van der Waals surface area contributed by atoms with Gasteiger partial charge in [0.2, 0.25) is 0 Å². The molecule has 0 bridgehead atoms. The van der Waals surface area contributed by atoms with E-state index < -0.39 is 0 Å². The summed E-state index contributed by atoms with van der Waals surface area (Å²) in [5.41, 5.74) is 0. The molecule has 0 aliphatic heterocycles. The van der Waals surface area contributed by atoms with Crippen molar-refractivity contribution in [2.24, 2.45) is 0 Å². The van der Waals surface area contributed by atoms with Gasteiger partial charge in [-0.2, -0.15) is 4.37 Å². The van der Waals surface area contributed by atoms with E-state index in [1.807, 2.05) is 0 Å². The molecule has 0 atom stereocenters. The van der Waals surface area contributed by atoms with Gasteiger partial charge in [0, 0.05) is 11.5 Å². The summed E-state index contributed by atoms with van der Waals surface area (Å²) in [7, 11) is 0. The van der Waals surface area contributed by atoms with Gasteiger partial charge in [-0.25, -0.2) is 0 Å². The molecule has 3 nitrogen and oxygen atoms in total. The van der Waals surface area contributed by atoms with Gasteiger partial charge in [-0.05, 0) is 6.92 Å². The molecule has 0 unspecified atom stereocenters. The van der Waals surface area contributed by atoms with Crippen molar-refractivity contribution in [2.45, 2.75) is 6.92 Å². The summed E-state index contributed by atoms with van der Waals surface area (Å²) in [5, 5.41) is 0. The molecular formula is C4H4N2OS2. The van der Waals surface area contributed by atoms with E-state index in [0.717, 1.165) is 11.5 Å². The highest BCUT2D eigenvalue weighted by Gasteiger charge is 1.97. The number of rotatable bonds is 1. The van der Waals surface area contributed by atoms with Gasteiger partial charge in [-0.3, -0.25) is 9.78 Å². The molecule has 1 N–H and O–H groups in total. The second kappa shape index (κ2) is 2.36. The van der Waals surface area contributed by atoms with Crippen LogP contribution in [0, 0.1) is 0 Å². The maximum absolute atomic E-state index is 10.4. The first-order valence-electron chi connectivity index (χ1n) is 2.27. The Balaban J connectivity index is 3.12. The van der Waals surface area contributed by atoms with Crippen LogP contribution in [0.1, 0.15) is 12.7 Å². The molecule has 48 valence electrons. The van der Waals surface area contributed by atoms with Gasteiger partial charge in [0.25, 0.3) is 0 Å². The summed E-state index contributed by atoms with van der Waals surface area (Å²) in [5.74, 6) is 0.514. The predicted octanol–water partition coefficient (Wildman–Crippen LogP) is 0.569. The lowest BCUT2D eigenvalue weighted by Crippen LogP contribution is -1.98. The van der Waals surface area contributed by atoms with Crippen LogP contribution in [0.5, 0.6) is 0 Å². The Labute approximate surface area is 60.9 Å². The first kappa shape index (κ1) is 6.57. The van der Waals surface area contributed by atoms with Crippen molar-refractivity contribution in [3.63, 3.8) is 0 Å². The van der Waals surface area contributed by atoms with Crippen LogP contribution >= 0.6 is 23.8 Å². The number of nitrogens with zero attached hydrogens (tertiary/aromatic N) is 1. The van der Waals surface area contributed by atoms with Crippen LogP contribution in [0.25, 0.3) is 0 Å². The molecule has 1 heterocycles. The zero-order chi connectivity index (χ0) is 6.85. The number of hydrogen-bond donors (Lipinski definition) is 1. The highest BCUT2D eigenvalue weighted by atomic mass is 32.1. The lowest BCUT2D eigenvalue weighted by Gasteiger charge is -1.82. The minimum Gasteiger partial charge on any atom is -0.295 e. The van der Waals surface area contributed by atoms with E-state index in [2.05, 4.69) is 9.36 Å². The average Bonchev–Trinajstić information content (AvgIpc) is 2.14. The molecule has 0 aliphatic rings. The first-order chi connectivity index (χ1) is 4.20. The maximum atomic E-state index is 10.4. The Bertz CT molecular complexity index is 274. The van der Waals surface area contributed by atoms with Gasteiger partial charge < -0.3 is 0 Å². The Morgan fingerprint density at radius 2 is 2.56 bits per heavy atom. The van der Waals surface area contributed by atoms with Crippen molar-refractivity contribution in [2.75, 3.05) is 0 Å². The third kappa shape index (κ3) is 1.43. The lowest BCUT2D eigenvalue weighted by molar-refractivity contribution is 1.25. The normalized spacial score (nSPS) is 9.44. The molecule has 0 amide bonds. The van der Waals surface area contributed by atoms with E-state index in [4.69, 9.17) is 12.2 Å². The van der Waals surface area contributed by atoms with Crippen molar-refractivity contribution in [3.05, 3.63) is 15.5 Å². The number of H-pyrrole nitrogens is 1. The third-order valence-corrected chi connectivity index (χ3v) is 1.51. The van der Waals surface area contributed by atoms with E-state index in [9.17, 15) is 4.79 Å². The highest BCUT2D eigenvalue weighted by Crippen LogP contribution is 1.89. The summed E-state index contributed by atoms with van der Waals surface area (Å²) >= 11 is 5.63. The molecule has 1 rings (SSSR count). The van der Waals surface area contributed by atoms with E-state index >= 15 is 0 Å². The minimum atomic E-state index is -0.158. The molecule has 0 aliphatic carbocycles. The predicted molar refractivity (Wildman–Crippen MR) is 40.1 cm³/mol. The second-order valence-electron chi connectivity index (χ2n) is 1.50. The van der Waals surface area contributed by atoms with Gasteiger partial charge in [0.05, 0.1) is 4.86 Å². The van der Waals surface area contributed by atoms with Crippen molar-refractivity contribution in [1.82, 2.24) is 9.36 Å². The lowest BCUT2D eigenvalue weighted by atomic mass is 10.5. The molecule has 1 aromatic heterocycles. The summed E-state index contributed by atoms with van der Waals surface area (Å²) in [6.07, 6.45) is 0. The van der Waals surface area contributed by atoms with E-state index in [1.165, 1.54) is 0 Å². The number of aromatic amines is 1. The fourth-order valence-corrected chi connectivity index (χ4v) is 1.04. The summed E-state index contributed by atoms with van der Waals surface area (Å²) in [4.78, 5) is 13.4. The topological polar surface area (TPSA) is 45.8 Å². The molecular weight excluding hydrogens is 156 g/mol.